The highest BCUT2D eigenvalue weighted by molar-refractivity contribution is 7.89. The third-order valence-corrected chi connectivity index (χ3v) is 3.41. The van der Waals surface area contributed by atoms with Gasteiger partial charge in [0, 0.05) is 0 Å². The van der Waals surface area contributed by atoms with Crippen LogP contribution in [0.25, 0.3) is 0 Å². The Morgan fingerprint density at radius 3 is 2.29 bits per heavy atom. The van der Waals surface area contributed by atoms with Crippen LogP contribution in [0.1, 0.15) is 31.9 Å². The Kier molecular flexibility index (Phi) is 3.96. The maximum absolute atomic E-state index is 12.0. The standard InChI is InChI=1S/C12H19NO3S/c1-9-6-7-10(2)11(8-9)17(14,15)13-16-12(3,4)5/h6-8,13H,1-5H3. The molecule has 0 saturated heterocycles. The first-order valence-corrected chi connectivity index (χ1v) is 6.87. The summed E-state index contributed by atoms with van der Waals surface area (Å²) >= 11 is 0. The van der Waals surface area contributed by atoms with Crippen LogP contribution in [-0.2, 0) is 14.9 Å². The second-order valence-corrected chi connectivity index (χ2v) is 6.68. The van der Waals surface area contributed by atoms with Crippen molar-refractivity contribution in [3.63, 3.8) is 0 Å². The molecule has 1 aromatic rings. The first kappa shape index (κ1) is 14.2. The van der Waals surface area contributed by atoms with E-state index in [1.165, 1.54) is 0 Å². The monoisotopic (exact) mass is 257 g/mol. The fraction of sp³-hybridized carbons (Fsp3) is 0.500. The molecule has 0 aliphatic heterocycles. The van der Waals surface area contributed by atoms with Crippen LogP contribution in [0, 0.1) is 13.8 Å². The molecule has 1 aromatic carbocycles. The Balaban J connectivity index is 3.02. The first-order chi connectivity index (χ1) is 7.62. The summed E-state index contributed by atoms with van der Waals surface area (Å²) in [6.45, 7) is 8.93. The molecule has 0 amide bonds. The zero-order chi connectivity index (χ0) is 13.3. The molecular weight excluding hydrogens is 238 g/mol. The SMILES string of the molecule is Cc1ccc(C)c(S(=O)(=O)NOC(C)(C)C)c1. The summed E-state index contributed by atoms with van der Waals surface area (Å²) in [6, 6.07) is 5.28. The smallest absolute Gasteiger partial charge is 0.262 e. The molecule has 17 heavy (non-hydrogen) atoms. The molecule has 0 aromatic heterocycles. The van der Waals surface area contributed by atoms with Crippen molar-refractivity contribution in [1.82, 2.24) is 4.89 Å². The minimum absolute atomic E-state index is 0.252. The van der Waals surface area contributed by atoms with Crippen LogP contribution in [0.15, 0.2) is 23.1 Å². The van der Waals surface area contributed by atoms with Gasteiger partial charge in [-0.2, -0.15) is 0 Å². The van der Waals surface area contributed by atoms with Gasteiger partial charge in [-0.25, -0.2) is 8.42 Å². The Labute approximate surface area is 103 Å². The first-order valence-electron chi connectivity index (χ1n) is 5.39. The molecule has 0 radical (unpaired) electrons. The number of hydrogen-bond acceptors (Lipinski definition) is 3. The van der Waals surface area contributed by atoms with Gasteiger partial charge in [0.05, 0.1) is 10.5 Å². The quantitative estimate of drug-likeness (QED) is 0.845. The van der Waals surface area contributed by atoms with Gasteiger partial charge in [0.25, 0.3) is 10.0 Å². The third-order valence-electron chi connectivity index (χ3n) is 2.09. The summed E-state index contributed by atoms with van der Waals surface area (Å²) in [7, 11) is -3.62. The Hall–Kier alpha value is -0.910. The number of sulfonamides is 1. The van der Waals surface area contributed by atoms with Crippen LogP contribution in [0.3, 0.4) is 0 Å². The molecule has 96 valence electrons. The lowest BCUT2D eigenvalue weighted by molar-refractivity contribution is -0.0357. The number of hydrogen-bond donors (Lipinski definition) is 1. The van der Waals surface area contributed by atoms with Crippen molar-refractivity contribution >= 4 is 10.0 Å². The average Bonchev–Trinajstić information content (AvgIpc) is 2.18. The minimum Gasteiger partial charge on any atom is -0.281 e. The second kappa shape index (κ2) is 4.76. The maximum atomic E-state index is 12.0. The van der Waals surface area contributed by atoms with Gasteiger partial charge in [0.1, 0.15) is 0 Å². The van der Waals surface area contributed by atoms with Crippen LogP contribution in [0.4, 0.5) is 0 Å². The topological polar surface area (TPSA) is 55.4 Å². The van der Waals surface area contributed by atoms with Gasteiger partial charge in [0.2, 0.25) is 0 Å². The third kappa shape index (κ3) is 4.11. The lowest BCUT2D eigenvalue weighted by Gasteiger charge is -2.19. The van der Waals surface area contributed by atoms with E-state index in [1.807, 2.05) is 13.0 Å². The van der Waals surface area contributed by atoms with Crippen LogP contribution in [0.5, 0.6) is 0 Å². The summed E-state index contributed by atoms with van der Waals surface area (Å²) in [5, 5.41) is 0. The Morgan fingerprint density at radius 1 is 1.18 bits per heavy atom. The van der Waals surface area contributed by atoms with E-state index in [0.717, 1.165) is 5.56 Å². The van der Waals surface area contributed by atoms with Crippen molar-refractivity contribution in [1.29, 1.82) is 0 Å². The van der Waals surface area contributed by atoms with Crippen molar-refractivity contribution in [3.05, 3.63) is 29.3 Å². The molecule has 0 fully saturated rings. The maximum Gasteiger partial charge on any atom is 0.262 e. The zero-order valence-electron chi connectivity index (χ0n) is 10.9. The van der Waals surface area contributed by atoms with E-state index in [0.29, 0.717) is 5.56 Å². The Morgan fingerprint density at radius 2 is 1.76 bits per heavy atom. The van der Waals surface area contributed by atoms with E-state index in [2.05, 4.69) is 4.89 Å². The summed E-state index contributed by atoms with van der Waals surface area (Å²) in [6.07, 6.45) is 0. The van der Waals surface area contributed by atoms with Gasteiger partial charge >= 0.3 is 0 Å². The lowest BCUT2D eigenvalue weighted by atomic mass is 10.2. The number of benzene rings is 1. The summed E-state index contributed by atoms with van der Waals surface area (Å²) in [5.41, 5.74) is 1.03. The molecule has 0 heterocycles. The summed E-state index contributed by atoms with van der Waals surface area (Å²) in [4.78, 5) is 7.51. The lowest BCUT2D eigenvalue weighted by Crippen LogP contribution is -2.33. The molecule has 0 spiro atoms. The molecule has 0 aliphatic carbocycles. The van der Waals surface area contributed by atoms with Crippen molar-refractivity contribution in [2.75, 3.05) is 0 Å². The van der Waals surface area contributed by atoms with Crippen LogP contribution < -0.4 is 4.89 Å². The van der Waals surface area contributed by atoms with E-state index in [-0.39, 0.29) is 4.90 Å². The van der Waals surface area contributed by atoms with Crippen molar-refractivity contribution in [2.24, 2.45) is 0 Å². The fourth-order valence-corrected chi connectivity index (χ4v) is 2.50. The average molecular weight is 257 g/mol. The number of nitrogens with one attached hydrogen (secondary N) is 1. The van der Waals surface area contributed by atoms with Gasteiger partial charge in [-0.3, -0.25) is 4.84 Å². The van der Waals surface area contributed by atoms with Gasteiger partial charge < -0.3 is 0 Å². The molecule has 0 atom stereocenters. The van der Waals surface area contributed by atoms with Crippen LogP contribution in [0.2, 0.25) is 0 Å². The van der Waals surface area contributed by atoms with Gasteiger partial charge in [-0.05, 0) is 51.8 Å². The fourth-order valence-electron chi connectivity index (χ4n) is 1.22. The molecule has 0 aliphatic rings. The van der Waals surface area contributed by atoms with Crippen LogP contribution in [-0.4, -0.2) is 14.0 Å². The van der Waals surface area contributed by atoms with E-state index in [4.69, 9.17) is 4.84 Å². The van der Waals surface area contributed by atoms with Crippen LogP contribution >= 0.6 is 0 Å². The number of rotatable bonds is 3. The van der Waals surface area contributed by atoms with E-state index < -0.39 is 15.6 Å². The molecule has 4 nitrogen and oxygen atoms in total. The largest absolute Gasteiger partial charge is 0.281 e. The highest BCUT2D eigenvalue weighted by Gasteiger charge is 2.20. The van der Waals surface area contributed by atoms with Crippen molar-refractivity contribution < 1.29 is 13.3 Å². The molecule has 1 N–H and O–H groups in total. The summed E-state index contributed by atoms with van der Waals surface area (Å²) in [5.74, 6) is 0. The van der Waals surface area contributed by atoms with E-state index in [1.54, 1.807) is 39.8 Å². The highest BCUT2D eigenvalue weighted by Crippen LogP contribution is 2.17. The summed E-state index contributed by atoms with van der Waals surface area (Å²) < 4.78 is 24.0. The zero-order valence-corrected chi connectivity index (χ0v) is 11.7. The second-order valence-electron chi connectivity index (χ2n) is 5.07. The molecule has 0 unspecified atom stereocenters. The molecular formula is C12H19NO3S. The van der Waals surface area contributed by atoms with E-state index in [9.17, 15) is 8.42 Å². The Bertz CT molecular complexity index is 501. The normalized spacial score (nSPS) is 12.8. The van der Waals surface area contributed by atoms with Gasteiger partial charge in [-0.1, -0.05) is 17.0 Å². The van der Waals surface area contributed by atoms with Crippen molar-refractivity contribution in [2.45, 2.75) is 45.1 Å². The number of aryl methyl sites for hydroxylation is 2. The molecule has 1 rings (SSSR count). The molecule has 0 saturated carbocycles. The van der Waals surface area contributed by atoms with Crippen molar-refractivity contribution in [3.8, 4) is 0 Å². The predicted octanol–water partition coefficient (Wildman–Crippen LogP) is 2.31. The highest BCUT2D eigenvalue weighted by atomic mass is 32.2. The van der Waals surface area contributed by atoms with Gasteiger partial charge in [0.15, 0.2) is 0 Å². The predicted molar refractivity (Wildman–Crippen MR) is 67.1 cm³/mol. The van der Waals surface area contributed by atoms with E-state index >= 15 is 0 Å². The minimum atomic E-state index is -3.62. The molecule has 5 heteroatoms. The molecule has 0 bridgehead atoms. The van der Waals surface area contributed by atoms with Gasteiger partial charge in [-0.15, -0.1) is 0 Å².